The molecule has 0 spiro atoms. The molecule has 6 nitrogen and oxygen atoms in total. The smallest absolute Gasteiger partial charge is 0.166 e. The Morgan fingerprint density at radius 1 is 1.20 bits per heavy atom. The molecule has 0 aliphatic carbocycles. The lowest BCUT2D eigenvalue weighted by atomic mass is 10.1. The van der Waals surface area contributed by atoms with Crippen LogP contribution in [-0.2, 0) is 0 Å². The van der Waals surface area contributed by atoms with Crippen molar-refractivity contribution in [1.29, 1.82) is 0 Å². The SMILES string of the molecule is CCN1CCC(Oc2cc3cncnc3cc2OCNc2ccc(F)c(Cl)c2)CC1. The summed E-state index contributed by atoms with van der Waals surface area (Å²) in [5, 5.41) is 4.04. The van der Waals surface area contributed by atoms with Crippen molar-refractivity contribution < 1.29 is 13.9 Å². The number of hydrogen-bond acceptors (Lipinski definition) is 6. The molecular weight excluding hydrogens is 407 g/mol. The topological polar surface area (TPSA) is 59.5 Å². The van der Waals surface area contributed by atoms with Crippen LogP contribution in [0.15, 0.2) is 42.9 Å². The van der Waals surface area contributed by atoms with E-state index >= 15 is 0 Å². The molecule has 2 heterocycles. The van der Waals surface area contributed by atoms with Crippen molar-refractivity contribution in [2.24, 2.45) is 0 Å². The largest absolute Gasteiger partial charge is 0.486 e. The fraction of sp³-hybridized carbons (Fsp3) is 0.364. The number of nitrogens with one attached hydrogen (secondary N) is 1. The van der Waals surface area contributed by atoms with E-state index < -0.39 is 5.82 Å². The summed E-state index contributed by atoms with van der Waals surface area (Å²) < 4.78 is 25.6. The van der Waals surface area contributed by atoms with Crippen molar-refractivity contribution >= 4 is 28.2 Å². The van der Waals surface area contributed by atoms with E-state index in [1.807, 2.05) is 12.1 Å². The summed E-state index contributed by atoms with van der Waals surface area (Å²) in [4.78, 5) is 10.8. The van der Waals surface area contributed by atoms with Crippen LogP contribution in [-0.4, -0.2) is 47.3 Å². The second-order valence-corrected chi connectivity index (χ2v) is 7.63. The summed E-state index contributed by atoms with van der Waals surface area (Å²) in [6, 6.07) is 8.22. The monoisotopic (exact) mass is 430 g/mol. The number of aromatic nitrogens is 2. The highest BCUT2D eigenvalue weighted by Crippen LogP contribution is 2.33. The molecule has 0 radical (unpaired) electrons. The predicted octanol–water partition coefficient (Wildman–Crippen LogP) is 4.73. The van der Waals surface area contributed by atoms with Crippen molar-refractivity contribution in [3.8, 4) is 11.5 Å². The third-order valence-corrected chi connectivity index (χ3v) is 5.56. The third-order valence-electron chi connectivity index (χ3n) is 5.27. The van der Waals surface area contributed by atoms with Crippen LogP contribution >= 0.6 is 11.6 Å². The van der Waals surface area contributed by atoms with Crippen molar-refractivity contribution in [1.82, 2.24) is 14.9 Å². The molecule has 1 fully saturated rings. The van der Waals surface area contributed by atoms with Gasteiger partial charge >= 0.3 is 0 Å². The Morgan fingerprint density at radius 3 is 2.80 bits per heavy atom. The van der Waals surface area contributed by atoms with E-state index in [0.29, 0.717) is 17.2 Å². The van der Waals surface area contributed by atoms with Crippen LogP contribution in [0.1, 0.15) is 19.8 Å². The van der Waals surface area contributed by atoms with E-state index in [-0.39, 0.29) is 17.9 Å². The van der Waals surface area contributed by atoms with Crippen LogP contribution < -0.4 is 14.8 Å². The van der Waals surface area contributed by atoms with Crippen LogP contribution in [0.5, 0.6) is 11.5 Å². The summed E-state index contributed by atoms with van der Waals surface area (Å²) in [5.41, 5.74) is 1.44. The first-order valence-electron chi connectivity index (χ1n) is 10.1. The van der Waals surface area contributed by atoms with Gasteiger partial charge in [-0.1, -0.05) is 18.5 Å². The highest BCUT2D eigenvalue weighted by atomic mass is 35.5. The van der Waals surface area contributed by atoms with Crippen molar-refractivity contribution in [3.05, 3.63) is 53.7 Å². The zero-order chi connectivity index (χ0) is 20.9. The average Bonchev–Trinajstić information content (AvgIpc) is 2.77. The highest BCUT2D eigenvalue weighted by Gasteiger charge is 2.21. The number of ether oxygens (including phenoxy) is 2. The number of anilines is 1. The van der Waals surface area contributed by atoms with Gasteiger partial charge in [-0.2, -0.15) is 0 Å². The Hall–Kier alpha value is -2.64. The van der Waals surface area contributed by atoms with Gasteiger partial charge < -0.3 is 19.7 Å². The van der Waals surface area contributed by atoms with E-state index in [2.05, 4.69) is 27.1 Å². The van der Waals surface area contributed by atoms with Crippen LogP contribution in [0.2, 0.25) is 5.02 Å². The van der Waals surface area contributed by atoms with Gasteiger partial charge in [-0.05, 0) is 43.7 Å². The number of hydrogen-bond donors (Lipinski definition) is 1. The molecule has 8 heteroatoms. The van der Waals surface area contributed by atoms with Crippen LogP contribution in [0.4, 0.5) is 10.1 Å². The maximum absolute atomic E-state index is 13.3. The zero-order valence-corrected chi connectivity index (χ0v) is 17.5. The maximum atomic E-state index is 13.3. The standard InChI is InChI=1S/C22H24ClFN4O2/c1-2-28-7-5-17(6-8-28)30-22-9-15-12-25-13-26-20(15)11-21(22)29-14-27-16-3-4-19(24)18(23)10-16/h3-4,9-13,17,27H,2,5-8,14H2,1H3. The second-order valence-electron chi connectivity index (χ2n) is 7.23. The van der Waals surface area contributed by atoms with E-state index in [1.165, 1.54) is 18.5 Å². The molecule has 2 aromatic carbocycles. The molecule has 4 rings (SSSR count). The Balaban J connectivity index is 1.48. The summed E-state index contributed by atoms with van der Waals surface area (Å²) in [6.07, 6.45) is 5.36. The molecule has 0 saturated carbocycles. The quantitative estimate of drug-likeness (QED) is 0.546. The number of fused-ring (bicyclic) bond motifs is 1. The molecule has 0 amide bonds. The summed E-state index contributed by atoms with van der Waals surface area (Å²) in [5.74, 6) is 0.813. The zero-order valence-electron chi connectivity index (χ0n) is 16.8. The van der Waals surface area contributed by atoms with Gasteiger partial charge in [0.05, 0.1) is 10.5 Å². The summed E-state index contributed by atoms with van der Waals surface area (Å²) in [7, 11) is 0. The number of piperidine rings is 1. The van der Waals surface area contributed by atoms with Gasteiger partial charge in [0.1, 0.15) is 18.2 Å². The van der Waals surface area contributed by atoms with Gasteiger partial charge in [-0.15, -0.1) is 0 Å². The average molecular weight is 431 g/mol. The van der Waals surface area contributed by atoms with Gasteiger partial charge in [-0.25, -0.2) is 14.4 Å². The minimum Gasteiger partial charge on any atom is -0.486 e. The Bertz CT molecular complexity index is 1010. The number of nitrogens with zero attached hydrogens (tertiary/aromatic N) is 3. The molecule has 1 aliphatic rings. The van der Waals surface area contributed by atoms with Gasteiger partial charge in [-0.3, -0.25) is 0 Å². The lowest BCUT2D eigenvalue weighted by molar-refractivity contribution is 0.100. The Kier molecular flexibility index (Phi) is 6.50. The first-order chi connectivity index (χ1) is 14.6. The molecular formula is C22H24ClFN4O2. The van der Waals surface area contributed by atoms with Crippen LogP contribution in [0, 0.1) is 5.82 Å². The first-order valence-corrected chi connectivity index (χ1v) is 10.4. The Labute approximate surface area is 180 Å². The van der Waals surface area contributed by atoms with E-state index in [9.17, 15) is 4.39 Å². The van der Waals surface area contributed by atoms with Gasteiger partial charge in [0.15, 0.2) is 18.2 Å². The lowest BCUT2D eigenvalue weighted by Crippen LogP contribution is -2.38. The van der Waals surface area contributed by atoms with Crippen LogP contribution in [0.25, 0.3) is 10.9 Å². The second kappa shape index (κ2) is 9.45. The molecule has 30 heavy (non-hydrogen) atoms. The van der Waals surface area contributed by atoms with Crippen LogP contribution in [0.3, 0.4) is 0 Å². The molecule has 0 bridgehead atoms. The van der Waals surface area contributed by atoms with Crippen molar-refractivity contribution in [3.63, 3.8) is 0 Å². The number of rotatable bonds is 7. The number of halogens is 2. The minimum absolute atomic E-state index is 0.0600. The predicted molar refractivity (Wildman–Crippen MR) is 116 cm³/mol. The first kappa shape index (κ1) is 20.6. The molecule has 0 atom stereocenters. The summed E-state index contributed by atoms with van der Waals surface area (Å²) >= 11 is 5.84. The Morgan fingerprint density at radius 2 is 2.03 bits per heavy atom. The minimum atomic E-state index is -0.456. The molecule has 1 N–H and O–H groups in total. The van der Waals surface area contributed by atoms with Crippen molar-refractivity contribution in [2.75, 3.05) is 31.7 Å². The number of likely N-dealkylation sites (tertiary alicyclic amines) is 1. The molecule has 1 aliphatic heterocycles. The molecule has 1 aromatic heterocycles. The van der Waals surface area contributed by atoms with Crippen molar-refractivity contribution in [2.45, 2.75) is 25.9 Å². The van der Waals surface area contributed by atoms with Gasteiger partial charge in [0.2, 0.25) is 0 Å². The normalized spacial score (nSPS) is 15.3. The maximum Gasteiger partial charge on any atom is 0.166 e. The third kappa shape index (κ3) is 4.91. The summed E-state index contributed by atoms with van der Waals surface area (Å²) in [6.45, 7) is 5.47. The van der Waals surface area contributed by atoms with E-state index in [4.69, 9.17) is 21.1 Å². The van der Waals surface area contributed by atoms with E-state index in [0.717, 1.165) is 43.4 Å². The number of benzene rings is 2. The fourth-order valence-electron chi connectivity index (χ4n) is 3.52. The molecule has 1 saturated heterocycles. The van der Waals surface area contributed by atoms with E-state index in [1.54, 1.807) is 12.3 Å². The molecule has 3 aromatic rings. The highest BCUT2D eigenvalue weighted by molar-refractivity contribution is 6.31. The molecule has 158 valence electrons. The fourth-order valence-corrected chi connectivity index (χ4v) is 3.70. The molecule has 0 unspecified atom stereocenters. The lowest BCUT2D eigenvalue weighted by Gasteiger charge is -2.31. The van der Waals surface area contributed by atoms with Gasteiger partial charge in [0, 0.05) is 36.4 Å². The van der Waals surface area contributed by atoms with Gasteiger partial charge in [0.25, 0.3) is 0 Å².